The smallest absolute Gasteiger partial charge is 0.325 e. The van der Waals surface area contributed by atoms with E-state index in [4.69, 9.17) is 14.2 Å². The Morgan fingerprint density at radius 3 is 2.56 bits per heavy atom. The Kier molecular flexibility index (Phi) is 7.70. The molecule has 1 unspecified atom stereocenters. The van der Waals surface area contributed by atoms with Crippen molar-refractivity contribution in [2.45, 2.75) is 32.9 Å². The maximum absolute atomic E-state index is 13.1. The molecule has 170 valence electrons. The lowest BCUT2D eigenvalue weighted by Gasteiger charge is -2.28. The van der Waals surface area contributed by atoms with Gasteiger partial charge in [-0.3, -0.25) is 14.4 Å². The number of methoxy groups -OCH3 is 1. The van der Waals surface area contributed by atoms with Crippen LogP contribution in [-0.4, -0.2) is 49.6 Å². The van der Waals surface area contributed by atoms with Gasteiger partial charge < -0.3 is 24.4 Å². The highest BCUT2D eigenvalue weighted by molar-refractivity contribution is 5.99. The van der Waals surface area contributed by atoms with E-state index < -0.39 is 12.0 Å². The zero-order chi connectivity index (χ0) is 23.1. The first-order chi connectivity index (χ1) is 15.5. The summed E-state index contributed by atoms with van der Waals surface area (Å²) in [4.78, 5) is 39.1. The highest BCUT2D eigenvalue weighted by atomic mass is 16.5. The van der Waals surface area contributed by atoms with Gasteiger partial charge in [-0.15, -0.1) is 0 Å². The lowest BCUT2D eigenvalue weighted by atomic mass is 10.0. The monoisotopic (exact) mass is 440 g/mol. The van der Waals surface area contributed by atoms with Gasteiger partial charge in [0.1, 0.15) is 6.54 Å². The van der Waals surface area contributed by atoms with Gasteiger partial charge in [0.25, 0.3) is 5.91 Å². The number of rotatable bonds is 10. The van der Waals surface area contributed by atoms with Crippen LogP contribution in [-0.2, 0) is 20.9 Å². The Hall–Kier alpha value is -3.55. The fourth-order valence-corrected chi connectivity index (χ4v) is 3.73. The Labute approximate surface area is 187 Å². The van der Waals surface area contributed by atoms with Crippen LogP contribution in [0.25, 0.3) is 0 Å². The summed E-state index contributed by atoms with van der Waals surface area (Å²) in [5.74, 6) is 0.0897. The Morgan fingerprint density at radius 1 is 1.09 bits per heavy atom. The van der Waals surface area contributed by atoms with Gasteiger partial charge in [0, 0.05) is 12.1 Å². The quantitative estimate of drug-likeness (QED) is 0.571. The molecule has 0 saturated carbocycles. The molecule has 2 amide bonds. The molecular weight excluding hydrogens is 412 g/mol. The summed E-state index contributed by atoms with van der Waals surface area (Å²) in [6.45, 7) is 4.47. The van der Waals surface area contributed by atoms with Crippen molar-refractivity contribution >= 4 is 17.8 Å². The molecule has 0 saturated heterocycles. The van der Waals surface area contributed by atoms with E-state index in [-0.39, 0.29) is 31.4 Å². The molecule has 1 atom stereocenters. The number of hydrogen-bond acceptors (Lipinski definition) is 6. The first-order valence-corrected chi connectivity index (χ1v) is 10.6. The van der Waals surface area contributed by atoms with Crippen molar-refractivity contribution in [3.63, 3.8) is 0 Å². The second-order valence-electron chi connectivity index (χ2n) is 7.24. The van der Waals surface area contributed by atoms with Crippen LogP contribution in [0.4, 0.5) is 0 Å². The van der Waals surface area contributed by atoms with Gasteiger partial charge in [-0.25, -0.2) is 0 Å². The van der Waals surface area contributed by atoms with Gasteiger partial charge in [0.15, 0.2) is 11.5 Å². The first kappa shape index (κ1) is 23.1. The molecule has 3 rings (SSSR count). The molecule has 1 N–H and O–H groups in total. The standard InChI is InChI=1S/C24H28N2O6/c1-4-31-20-11-10-16(12-21(20)30-3)19(13-22(27)25-14-23(28)32-5-2)26-15-17-8-6-7-9-18(17)24(26)29/h6-12,19H,4-5,13-15H2,1-3H3,(H,25,27). The molecule has 0 aliphatic carbocycles. The van der Waals surface area contributed by atoms with Crippen LogP contribution in [0, 0.1) is 0 Å². The van der Waals surface area contributed by atoms with Crippen LogP contribution in [0.15, 0.2) is 42.5 Å². The Balaban J connectivity index is 1.88. The summed E-state index contributed by atoms with van der Waals surface area (Å²) in [6, 6.07) is 12.2. The fourth-order valence-electron chi connectivity index (χ4n) is 3.73. The summed E-state index contributed by atoms with van der Waals surface area (Å²) in [5, 5.41) is 2.58. The van der Waals surface area contributed by atoms with E-state index in [1.165, 1.54) is 0 Å². The normalized spacial score (nSPS) is 13.3. The summed E-state index contributed by atoms with van der Waals surface area (Å²) < 4.78 is 15.9. The Morgan fingerprint density at radius 2 is 1.88 bits per heavy atom. The number of nitrogens with zero attached hydrogens (tertiary/aromatic N) is 1. The number of benzene rings is 2. The molecule has 0 spiro atoms. The molecule has 0 bridgehead atoms. The van der Waals surface area contributed by atoms with Crippen LogP contribution in [0.3, 0.4) is 0 Å². The number of hydrogen-bond donors (Lipinski definition) is 1. The molecular formula is C24H28N2O6. The molecule has 2 aromatic carbocycles. The van der Waals surface area contributed by atoms with Crippen molar-refractivity contribution in [3.05, 3.63) is 59.2 Å². The van der Waals surface area contributed by atoms with Gasteiger partial charge in [-0.1, -0.05) is 24.3 Å². The third-order valence-corrected chi connectivity index (χ3v) is 5.21. The molecule has 2 aromatic rings. The minimum Gasteiger partial charge on any atom is -0.493 e. The van der Waals surface area contributed by atoms with Crippen molar-refractivity contribution in [3.8, 4) is 11.5 Å². The molecule has 8 nitrogen and oxygen atoms in total. The van der Waals surface area contributed by atoms with E-state index in [0.29, 0.717) is 30.2 Å². The zero-order valence-electron chi connectivity index (χ0n) is 18.6. The molecule has 32 heavy (non-hydrogen) atoms. The van der Waals surface area contributed by atoms with E-state index >= 15 is 0 Å². The minimum absolute atomic E-state index is 0.0176. The number of carbonyl (C=O) groups is 3. The maximum Gasteiger partial charge on any atom is 0.325 e. The summed E-state index contributed by atoms with van der Waals surface area (Å²) in [6.07, 6.45) is -0.0176. The van der Waals surface area contributed by atoms with Crippen LogP contribution >= 0.6 is 0 Å². The largest absolute Gasteiger partial charge is 0.493 e. The topological polar surface area (TPSA) is 94.2 Å². The molecule has 1 aliphatic heterocycles. The van der Waals surface area contributed by atoms with Crippen molar-refractivity contribution in [2.24, 2.45) is 0 Å². The average Bonchev–Trinajstić information content (AvgIpc) is 3.13. The van der Waals surface area contributed by atoms with Gasteiger partial charge in [0.05, 0.1) is 32.8 Å². The van der Waals surface area contributed by atoms with Gasteiger partial charge in [0.2, 0.25) is 5.91 Å². The van der Waals surface area contributed by atoms with Gasteiger partial charge in [-0.2, -0.15) is 0 Å². The van der Waals surface area contributed by atoms with Crippen molar-refractivity contribution in [2.75, 3.05) is 26.9 Å². The number of ether oxygens (including phenoxy) is 3. The predicted molar refractivity (Wildman–Crippen MR) is 117 cm³/mol. The number of esters is 1. The second kappa shape index (κ2) is 10.7. The van der Waals surface area contributed by atoms with E-state index in [0.717, 1.165) is 11.1 Å². The third-order valence-electron chi connectivity index (χ3n) is 5.21. The number of carbonyl (C=O) groups excluding carboxylic acids is 3. The number of amides is 2. The van der Waals surface area contributed by atoms with Crippen molar-refractivity contribution < 1.29 is 28.6 Å². The van der Waals surface area contributed by atoms with Crippen LogP contribution in [0.2, 0.25) is 0 Å². The molecule has 8 heteroatoms. The first-order valence-electron chi connectivity index (χ1n) is 10.6. The van der Waals surface area contributed by atoms with E-state index in [1.807, 2.05) is 31.2 Å². The van der Waals surface area contributed by atoms with Crippen LogP contribution in [0.1, 0.15) is 47.8 Å². The van der Waals surface area contributed by atoms with E-state index in [2.05, 4.69) is 5.32 Å². The van der Waals surface area contributed by atoms with Crippen LogP contribution in [0.5, 0.6) is 11.5 Å². The predicted octanol–water partition coefficient (Wildman–Crippen LogP) is 2.86. The minimum atomic E-state index is -0.554. The molecule has 0 fully saturated rings. The molecule has 0 aromatic heterocycles. The van der Waals surface area contributed by atoms with E-state index in [9.17, 15) is 14.4 Å². The average molecular weight is 440 g/mol. The number of fused-ring (bicyclic) bond motifs is 1. The summed E-state index contributed by atoms with van der Waals surface area (Å²) >= 11 is 0. The third kappa shape index (κ3) is 5.19. The summed E-state index contributed by atoms with van der Waals surface area (Å²) in [5.41, 5.74) is 2.27. The highest BCUT2D eigenvalue weighted by Crippen LogP contribution is 2.37. The Bertz CT molecular complexity index is 990. The second-order valence-corrected chi connectivity index (χ2v) is 7.24. The zero-order valence-corrected chi connectivity index (χ0v) is 18.6. The fraction of sp³-hybridized carbons (Fsp3) is 0.375. The number of nitrogens with one attached hydrogen (secondary N) is 1. The maximum atomic E-state index is 13.1. The van der Waals surface area contributed by atoms with Gasteiger partial charge in [-0.05, 0) is 43.2 Å². The van der Waals surface area contributed by atoms with Gasteiger partial charge >= 0.3 is 5.97 Å². The molecule has 1 heterocycles. The molecule has 0 radical (unpaired) electrons. The molecule has 1 aliphatic rings. The SMILES string of the molecule is CCOC(=O)CNC(=O)CC(c1ccc(OCC)c(OC)c1)N1Cc2ccccc2C1=O. The van der Waals surface area contributed by atoms with Crippen molar-refractivity contribution in [1.82, 2.24) is 10.2 Å². The van der Waals surface area contributed by atoms with Crippen molar-refractivity contribution in [1.29, 1.82) is 0 Å². The summed E-state index contributed by atoms with van der Waals surface area (Å²) in [7, 11) is 1.54. The highest BCUT2D eigenvalue weighted by Gasteiger charge is 2.35. The van der Waals surface area contributed by atoms with E-state index in [1.54, 1.807) is 37.1 Å². The lowest BCUT2D eigenvalue weighted by Crippen LogP contribution is -2.36. The lowest BCUT2D eigenvalue weighted by molar-refractivity contribution is -0.143. The van der Waals surface area contributed by atoms with Crippen LogP contribution < -0.4 is 14.8 Å².